The molecule has 3 aromatic rings. The molecule has 2 N–H and O–H groups in total. The first-order valence-electron chi connectivity index (χ1n) is 8.42. The summed E-state index contributed by atoms with van der Waals surface area (Å²) in [5, 5.41) is 13.6. The molecule has 0 bridgehead atoms. The minimum absolute atomic E-state index is 0.212. The SMILES string of the molecule is CNS(=O)(=O)c1ccccc1CNc1c(C#N)cnc2c(C)cc(C)cc12. The Hall–Kier alpha value is -2.95. The molecule has 1 aromatic heterocycles. The summed E-state index contributed by atoms with van der Waals surface area (Å²) in [4.78, 5) is 4.62. The lowest BCUT2D eigenvalue weighted by atomic mass is 10.0. The summed E-state index contributed by atoms with van der Waals surface area (Å²) in [5.41, 5.74) is 4.60. The van der Waals surface area contributed by atoms with E-state index in [0.717, 1.165) is 22.0 Å². The van der Waals surface area contributed by atoms with Gasteiger partial charge in [0.15, 0.2) is 0 Å². The molecule has 2 aromatic carbocycles. The van der Waals surface area contributed by atoms with E-state index in [1.807, 2.05) is 26.0 Å². The van der Waals surface area contributed by atoms with E-state index in [9.17, 15) is 13.7 Å². The van der Waals surface area contributed by atoms with Gasteiger partial charge in [-0.15, -0.1) is 0 Å². The predicted octanol–water partition coefficient (Wildman–Crippen LogP) is 3.24. The van der Waals surface area contributed by atoms with Crippen molar-refractivity contribution in [2.45, 2.75) is 25.3 Å². The lowest BCUT2D eigenvalue weighted by molar-refractivity contribution is 0.587. The van der Waals surface area contributed by atoms with Crippen molar-refractivity contribution in [2.24, 2.45) is 0 Å². The van der Waals surface area contributed by atoms with E-state index in [-0.39, 0.29) is 11.4 Å². The van der Waals surface area contributed by atoms with E-state index < -0.39 is 10.0 Å². The molecule has 27 heavy (non-hydrogen) atoms. The molecule has 0 saturated heterocycles. The third-order valence-electron chi connectivity index (χ3n) is 4.41. The standard InChI is InChI=1S/C20H20N4O2S/c1-13-8-14(2)19-17(9-13)20(16(10-21)12-23-19)24-11-15-6-4-5-7-18(15)27(25,26)22-3/h4-9,12,22H,11H2,1-3H3,(H,23,24). The van der Waals surface area contributed by atoms with Gasteiger partial charge in [0.25, 0.3) is 0 Å². The van der Waals surface area contributed by atoms with Crippen molar-refractivity contribution < 1.29 is 8.42 Å². The van der Waals surface area contributed by atoms with Crippen LogP contribution in [0.15, 0.2) is 47.5 Å². The van der Waals surface area contributed by atoms with Crippen LogP contribution in [0.2, 0.25) is 0 Å². The van der Waals surface area contributed by atoms with Crippen LogP contribution in [0.1, 0.15) is 22.3 Å². The number of rotatable bonds is 5. The lowest BCUT2D eigenvalue weighted by Crippen LogP contribution is -2.20. The normalized spacial score (nSPS) is 11.3. The van der Waals surface area contributed by atoms with Gasteiger partial charge >= 0.3 is 0 Å². The van der Waals surface area contributed by atoms with E-state index in [2.05, 4.69) is 21.1 Å². The van der Waals surface area contributed by atoms with Gasteiger partial charge in [0.1, 0.15) is 6.07 Å². The van der Waals surface area contributed by atoms with Crippen LogP contribution in [0.3, 0.4) is 0 Å². The number of nitrogens with one attached hydrogen (secondary N) is 2. The number of sulfonamides is 1. The molecule has 138 valence electrons. The number of aryl methyl sites for hydroxylation is 2. The molecule has 7 heteroatoms. The maximum atomic E-state index is 12.3. The molecule has 0 spiro atoms. The maximum absolute atomic E-state index is 12.3. The Kier molecular flexibility index (Phi) is 5.13. The van der Waals surface area contributed by atoms with Gasteiger partial charge < -0.3 is 5.32 Å². The van der Waals surface area contributed by atoms with E-state index in [0.29, 0.717) is 16.8 Å². The average Bonchev–Trinajstić information content (AvgIpc) is 2.66. The van der Waals surface area contributed by atoms with E-state index >= 15 is 0 Å². The average molecular weight is 380 g/mol. The van der Waals surface area contributed by atoms with Crippen molar-refractivity contribution in [3.8, 4) is 6.07 Å². The van der Waals surface area contributed by atoms with Crippen LogP contribution in [0.5, 0.6) is 0 Å². The molecule has 0 aliphatic carbocycles. The molecule has 6 nitrogen and oxygen atoms in total. The molecular weight excluding hydrogens is 360 g/mol. The summed E-state index contributed by atoms with van der Waals surface area (Å²) >= 11 is 0. The van der Waals surface area contributed by atoms with Crippen LogP contribution >= 0.6 is 0 Å². The summed E-state index contributed by atoms with van der Waals surface area (Å²) < 4.78 is 26.9. The van der Waals surface area contributed by atoms with Crippen LogP contribution in [0, 0.1) is 25.2 Å². The van der Waals surface area contributed by atoms with Crippen molar-refractivity contribution in [3.63, 3.8) is 0 Å². The number of aromatic nitrogens is 1. The Morgan fingerprint density at radius 1 is 1.19 bits per heavy atom. The number of hydrogen-bond acceptors (Lipinski definition) is 5. The van der Waals surface area contributed by atoms with Crippen molar-refractivity contribution in [3.05, 3.63) is 64.8 Å². The van der Waals surface area contributed by atoms with Crippen LogP contribution in [-0.4, -0.2) is 20.4 Å². The van der Waals surface area contributed by atoms with Crippen LogP contribution < -0.4 is 10.0 Å². The van der Waals surface area contributed by atoms with Gasteiger partial charge in [-0.25, -0.2) is 13.1 Å². The smallest absolute Gasteiger partial charge is 0.240 e. The number of anilines is 1. The van der Waals surface area contributed by atoms with Crippen molar-refractivity contribution >= 4 is 26.6 Å². The number of nitrogens with zero attached hydrogens (tertiary/aromatic N) is 2. The van der Waals surface area contributed by atoms with Gasteiger partial charge in [-0.3, -0.25) is 4.98 Å². The fourth-order valence-electron chi connectivity index (χ4n) is 3.14. The topological polar surface area (TPSA) is 94.9 Å². The zero-order chi connectivity index (χ0) is 19.6. The first kappa shape index (κ1) is 18.8. The third kappa shape index (κ3) is 3.63. The number of hydrogen-bond donors (Lipinski definition) is 2. The van der Waals surface area contributed by atoms with Crippen molar-refractivity contribution in [2.75, 3.05) is 12.4 Å². The summed E-state index contributed by atoms with van der Waals surface area (Å²) in [7, 11) is -2.19. The highest BCUT2D eigenvalue weighted by Gasteiger charge is 2.17. The second-order valence-corrected chi connectivity index (χ2v) is 8.16. The molecular formula is C20H20N4O2S. The summed E-state index contributed by atoms with van der Waals surface area (Å²) in [6, 6.07) is 13.0. The van der Waals surface area contributed by atoms with E-state index in [1.54, 1.807) is 30.5 Å². The molecule has 0 radical (unpaired) electrons. The summed E-state index contributed by atoms with van der Waals surface area (Å²) in [6.07, 6.45) is 1.54. The molecule has 0 aliphatic rings. The molecule has 1 heterocycles. The monoisotopic (exact) mass is 380 g/mol. The Morgan fingerprint density at radius 3 is 2.63 bits per heavy atom. The quantitative estimate of drug-likeness (QED) is 0.708. The molecule has 0 fully saturated rings. The predicted molar refractivity (Wildman–Crippen MR) is 106 cm³/mol. The minimum Gasteiger partial charge on any atom is -0.379 e. The number of nitriles is 1. The third-order valence-corrected chi connectivity index (χ3v) is 5.93. The second kappa shape index (κ2) is 7.35. The minimum atomic E-state index is -3.57. The largest absolute Gasteiger partial charge is 0.379 e. The molecule has 0 aliphatic heterocycles. The number of benzene rings is 2. The van der Waals surface area contributed by atoms with Crippen molar-refractivity contribution in [1.29, 1.82) is 5.26 Å². The Bertz CT molecular complexity index is 1160. The van der Waals surface area contributed by atoms with Gasteiger partial charge in [-0.2, -0.15) is 5.26 Å². The first-order chi connectivity index (χ1) is 12.9. The fraction of sp³-hybridized carbons (Fsp3) is 0.200. The summed E-state index contributed by atoms with van der Waals surface area (Å²) in [5.74, 6) is 0. The molecule has 0 saturated carbocycles. The Labute approximate surface area is 158 Å². The summed E-state index contributed by atoms with van der Waals surface area (Å²) in [6.45, 7) is 4.23. The maximum Gasteiger partial charge on any atom is 0.240 e. The fourth-order valence-corrected chi connectivity index (χ4v) is 4.10. The molecule has 3 rings (SSSR count). The molecule has 0 unspecified atom stereocenters. The Balaban J connectivity index is 2.08. The van der Waals surface area contributed by atoms with E-state index in [4.69, 9.17) is 0 Å². The lowest BCUT2D eigenvalue weighted by Gasteiger charge is -2.15. The zero-order valence-electron chi connectivity index (χ0n) is 15.4. The van der Waals surface area contributed by atoms with Gasteiger partial charge in [-0.1, -0.05) is 29.8 Å². The zero-order valence-corrected chi connectivity index (χ0v) is 16.2. The molecule has 0 amide bonds. The van der Waals surface area contributed by atoms with Crippen LogP contribution in [0.4, 0.5) is 5.69 Å². The molecule has 0 atom stereocenters. The number of fused-ring (bicyclic) bond motifs is 1. The van der Waals surface area contributed by atoms with Gasteiger partial charge in [0.2, 0.25) is 10.0 Å². The highest BCUT2D eigenvalue weighted by molar-refractivity contribution is 7.89. The van der Waals surface area contributed by atoms with Gasteiger partial charge in [-0.05, 0) is 44.2 Å². The Morgan fingerprint density at radius 2 is 1.93 bits per heavy atom. The van der Waals surface area contributed by atoms with Gasteiger partial charge in [0.05, 0.1) is 21.7 Å². The highest BCUT2D eigenvalue weighted by atomic mass is 32.2. The van der Waals surface area contributed by atoms with E-state index in [1.165, 1.54) is 7.05 Å². The second-order valence-electron chi connectivity index (χ2n) is 6.31. The van der Waals surface area contributed by atoms with Crippen LogP contribution in [-0.2, 0) is 16.6 Å². The first-order valence-corrected chi connectivity index (χ1v) is 9.91. The van der Waals surface area contributed by atoms with Gasteiger partial charge in [0, 0.05) is 18.1 Å². The van der Waals surface area contributed by atoms with Crippen LogP contribution in [0.25, 0.3) is 10.9 Å². The van der Waals surface area contributed by atoms with Crippen molar-refractivity contribution in [1.82, 2.24) is 9.71 Å². The highest BCUT2D eigenvalue weighted by Crippen LogP contribution is 2.29. The number of pyridine rings is 1.